The maximum Gasteiger partial charge on any atom is 0.410 e. The summed E-state index contributed by atoms with van der Waals surface area (Å²) >= 11 is 7.86. The second kappa shape index (κ2) is 7.38. The molecule has 1 fully saturated rings. The summed E-state index contributed by atoms with van der Waals surface area (Å²) in [6.45, 7) is 7.09. The lowest BCUT2D eigenvalue weighted by Crippen LogP contribution is -2.35. The molecule has 0 unspecified atom stereocenters. The minimum atomic E-state index is -0.460. The molecule has 1 aromatic carbocycles. The van der Waals surface area contributed by atoms with Gasteiger partial charge in [0.05, 0.1) is 11.0 Å². The predicted molar refractivity (Wildman–Crippen MR) is 101 cm³/mol. The summed E-state index contributed by atoms with van der Waals surface area (Å²) < 4.78 is 5.44. The average Bonchev–Trinajstić information content (AvgIpc) is 3.00. The van der Waals surface area contributed by atoms with Crippen molar-refractivity contribution in [2.75, 3.05) is 18.8 Å². The molecule has 1 aliphatic rings. The minimum Gasteiger partial charge on any atom is -0.444 e. The minimum absolute atomic E-state index is 0.233. The number of hydrogen-bond donors (Lipinski definition) is 0. The first-order chi connectivity index (χ1) is 11.8. The number of benzene rings is 1. The van der Waals surface area contributed by atoms with Gasteiger partial charge in [-0.1, -0.05) is 23.7 Å². The molecular weight excluding hydrogens is 358 g/mol. The van der Waals surface area contributed by atoms with E-state index in [2.05, 4.69) is 9.97 Å². The van der Waals surface area contributed by atoms with Crippen LogP contribution in [0.4, 0.5) is 4.79 Å². The van der Waals surface area contributed by atoms with Crippen LogP contribution >= 0.6 is 23.4 Å². The Morgan fingerprint density at radius 2 is 2.00 bits per heavy atom. The number of carbonyl (C=O) groups excluding carboxylic acids is 1. The van der Waals surface area contributed by atoms with E-state index in [9.17, 15) is 4.79 Å². The first-order valence-electron chi connectivity index (χ1n) is 8.35. The molecular formula is C18H22ClN3O2S. The molecule has 0 saturated carbocycles. The molecule has 0 N–H and O–H groups in total. The summed E-state index contributed by atoms with van der Waals surface area (Å²) in [6, 6.07) is 7.69. The summed E-state index contributed by atoms with van der Waals surface area (Å²) in [5.74, 6) is 1.26. The van der Waals surface area contributed by atoms with Crippen molar-refractivity contribution in [3.8, 4) is 0 Å². The van der Waals surface area contributed by atoms with Crippen molar-refractivity contribution in [1.82, 2.24) is 14.9 Å². The van der Waals surface area contributed by atoms with E-state index in [4.69, 9.17) is 16.3 Å². The zero-order valence-electron chi connectivity index (χ0n) is 14.7. The molecule has 0 spiro atoms. The van der Waals surface area contributed by atoms with Crippen molar-refractivity contribution < 1.29 is 9.53 Å². The van der Waals surface area contributed by atoms with E-state index in [0.29, 0.717) is 17.6 Å². The lowest BCUT2D eigenvalue weighted by Gasteiger charge is -2.24. The van der Waals surface area contributed by atoms with Crippen LogP contribution in [0.1, 0.15) is 27.2 Å². The highest BCUT2D eigenvalue weighted by Crippen LogP contribution is 2.30. The number of rotatable bonds is 3. The van der Waals surface area contributed by atoms with E-state index in [-0.39, 0.29) is 6.09 Å². The van der Waals surface area contributed by atoms with E-state index in [0.717, 1.165) is 34.8 Å². The summed E-state index contributed by atoms with van der Waals surface area (Å²) in [4.78, 5) is 22.9. The van der Waals surface area contributed by atoms with Gasteiger partial charge in [-0.25, -0.2) is 14.8 Å². The average molecular weight is 380 g/mol. The van der Waals surface area contributed by atoms with Crippen LogP contribution in [-0.2, 0) is 4.74 Å². The van der Waals surface area contributed by atoms with Crippen molar-refractivity contribution in [3.05, 3.63) is 29.4 Å². The molecule has 0 radical (unpaired) electrons. The van der Waals surface area contributed by atoms with Crippen LogP contribution in [0.15, 0.2) is 29.3 Å². The smallest absolute Gasteiger partial charge is 0.410 e. The lowest BCUT2D eigenvalue weighted by molar-refractivity contribution is 0.0289. The number of hydrogen-bond acceptors (Lipinski definition) is 5. The summed E-state index contributed by atoms with van der Waals surface area (Å²) in [5.41, 5.74) is 1.18. The molecule has 25 heavy (non-hydrogen) atoms. The molecule has 0 aliphatic carbocycles. The monoisotopic (exact) mass is 379 g/mol. The third-order valence-corrected chi connectivity index (χ3v) is 5.46. The fourth-order valence-electron chi connectivity index (χ4n) is 2.71. The van der Waals surface area contributed by atoms with Crippen LogP contribution in [0.5, 0.6) is 0 Å². The van der Waals surface area contributed by atoms with E-state index < -0.39 is 5.60 Å². The first-order valence-corrected chi connectivity index (χ1v) is 9.71. The van der Waals surface area contributed by atoms with Crippen LogP contribution < -0.4 is 0 Å². The van der Waals surface area contributed by atoms with E-state index in [1.165, 1.54) is 0 Å². The van der Waals surface area contributed by atoms with Crippen LogP contribution in [0.25, 0.3) is 11.0 Å². The topological polar surface area (TPSA) is 55.3 Å². The van der Waals surface area contributed by atoms with Gasteiger partial charge in [0.25, 0.3) is 0 Å². The van der Waals surface area contributed by atoms with Gasteiger partial charge in [0.1, 0.15) is 10.6 Å². The fraction of sp³-hybridized carbons (Fsp3) is 0.500. The number of likely N-dealkylation sites (tertiary alicyclic amines) is 1. The number of nitrogens with zero attached hydrogens (tertiary/aromatic N) is 3. The summed E-state index contributed by atoms with van der Waals surface area (Å²) in [6.07, 6.45) is 0.730. The largest absolute Gasteiger partial charge is 0.444 e. The van der Waals surface area contributed by atoms with Gasteiger partial charge in [0, 0.05) is 18.8 Å². The molecule has 7 heteroatoms. The zero-order valence-corrected chi connectivity index (χ0v) is 16.2. The fourth-order valence-corrected chi connectivity index (χ4v) is 4.00. The Morgan fingerprint density at radius 1 is 1.32 bits per heavy atom. The van der Waals surface area contributed by atoms with Crippen molar-refractivity contribution >= 4 is 40.5 Å². The molecule has 134 valence electrons. The van der Waals surface area contributed by atoms with E-state index in [1.54, 1.807) is 16.7 Å². The molecule has 5 nitrogen and oxygen atoms in total. The number of fused-ring (bicyclic) bond motifs is 1. The van der Waals surface area contributed by atoms with Crippen molar-refractivity contribution in [3.63, 3.8) is 0 Å². The number of amides is 1. The molecule has 3 rings (SSSR count). The Kier molecular flexibility index (Phi) is 5.39. The quantitative estimate of drug-likeness (QED) is 0.727. The van der Waals surface area contributed by atoms with Crippen LogP contribution in [0, 0.1) is 5.92 Å². The molecule has 1 atom stereocenters. The van der Waals surface area contributed by atoms with Gasteiger partial charge >= 0.3 is 6.09 Å². The number of aromatic nitrogens is 2. The highest BCUT2D eigenvalue weighted by Gasteiger charge is 2.30. The SMILES string of the molecule is CC(C)(C)OC(=O)N1CC[C@H](CSc2nc3ccccc3nc2Cl)C1. The standard InChI is InChI=1S/C18H22ClN3O2S/c1-18(2,3)24-17(23)22-9-8-12(10-22)11-25-16-15(19)20-13-6-4-5-7-14(13)21-16/h4-7,12H,8-11H2,1-3H3/t12-/m0/s1. The predicted octanol–water partition coefficient (Wildman–Crippen LogP) is 4.63. The number of ether oxygens (including phenoxy) is 1. The summed E-state index contributed by atoms with van der Waals surface area (Å²) in [7, 11) is 0. The van der Waals surface area contributed by atoms with Gasteiger partial charge < -0.3 is 9.64 Å². The Hall–Kier alpha value is -1.53. The van der Waals surface area contributed by atoms with Gasteiger partial charge in [0.15, 0.2) is 5.15 Å². The molecule has 2 heterocycles. The first kappa shape index (κ1) is 18.3. The molecule has 1 saturated heterocycles. The Balaban J connectivity index is 1.58. The highest BCUT2D eigenvalue weighted by molar-refractivity contribution is 7.99. The maximum absolute atomic E-state index is 12.1. The number of para-hydroxylation sites is 2. The van der Waals surface area contributed by atoms with E-state index in [1.807, 2.05) is 45.0 Å². The Morgan fingerprint density at radius 3 is 2.68 bits per heavy atom. The van der Waals surface area contributed by atoms with Crippen LogP contribution in [0.3, 0.4) is 0 Å². The van der Waals surface area contributed by atoms with Gasteiger partial charge in [0.2, 0.25) is 0 Å². The molecule has 2 aromatic rings. The number of thioether (sulfide) groups is 1. The van der Waals surface area contributed by atoms with Crippen LogP contribution in [-0.4, -0.2) is 45.4 Å². The van der Waals surface area contributed by atoms with Gasteiger partial charge in [-0.3, -0.25) is 0 Å². The summed E-state index contributed by atoms with van der Waals surface area (Å²) in [5, 5.41) is 1.18. The van der Waals surface area contributed by atoms with Gasteiger partial charge in [-0.05, 0) is 45.2 Å². The third kappa shape index (κ3) is 4.76. The molecule has 1 amide bonds. The Bertz CT molecular complexity index is 778. The molecule has 1 aliphatic heterocycles. The van der Waals surface area contributed by atoms with Crippen LogP contribution in [0.2, 0.25) is 5.15 Å². The normalized spacial score (nSPS) is 17.9. The lowest BCUT2D eigenvalue weighted by atomic mass is 10.2. The van der Waals surface area contributed by atoms with Crippen molar-refractivity contribution in [1.29, 1.82) is 0 Å². The number of halogens is 1. The maximum atomic E-state index is 12.1. The third-order valence-electron chi connectivity index (χ3n) is 3.89. The van der Waals surface area contributed by atoms with Crippen molar-refractivity contribution in [2.45, 2.75) is 37.8 Å². The van der Waals surface area contributed by atoms with Crippen molar-refractivity contribution in [2.24, 2.45) is 5.92 Å². The van der Waals surface area contributed by atoms with Gasteiger partial charge in [-0.15, -0.1) is 11.8 Å². The molecule has 1 aromatic heterocycles. The van der Waals surface area contributed by atoms with Gasteiger partial charge in [-0.2, -0.15) is 0 Å². The highest BCUT2D eigenvalue weighted by atomic mass is 35.5. The second-order valence-electron chi connectivity index (χ2n) is 7.20. The zero-order chi connectivity index (χ0) is 18.0. The Labute approximate surface area is 157 Å². The second-order valence-corrected chi connectivity index (χ2v) is 8.57. The molecule has 0 bridgehead atoms. The van der Waals surface area contributed by atoms with E-state index >= 15 is 0 Å². The number of carbonyl (C=O) groups is 1.